The molecule has 3 aliphatic carbocycles. The molecule has 2 aliphatic heterocycles. The van der Waals surface area contributed by atoms with Crippen LogP contribution in [0.25, 0.3) is 0 Å². The summed E-state index contributed by atoms with van der Waals surface area (Å²) in [6.45, 7) is 7.49. The molecule has 12 heteroatoms. The third-order valence-electron chi connectivity index (χ3n) is 15.0. The lowest BCUT2D eigenvalue weighted by Crippen LogP contribution is -2.70. The summed E-state index contributed by atoms with van der Waals surface area (Å²) in [4.78, 5) is 28.5. The van der Waals surface area contributed by atoms with E-state index in [1.807, 2.05) is 90.7 Å². The Morgan fingerprint density at radius 2 is 1.68 bits per heavy atom. The molecule has 0 spiro atoms. The highest BCUT2D eigenvalue weighted by molar-refractivity contribution is 6.03. The molecule has 5 aliphatic rings. The van der Waals surface area contributed by atoms with E-state index in [4.69, 9.17) is 38.7 Å². The van der Waals surface area contributed by atoms with E-state index in [9.17, 15) is 10.2 Å². The van der Waals surface area contributed by atoms with Crippen LogP contribution in [-0.4, -0.2) is 70.2 Å². The molecule has 366 valence electrons. The number of carbonyl (C=O) groups excluding carboxylic acids is 1. The van der Waals surface area contributed by atoms with Crippen molar-refractivity contribution in [3.8, 4) is 23.0 Å². The highest BCUT2D eigenvalue weighted by Gasteiger charge is 2.65. The van der Waals surface area contributed by atoms with Gasteiger partial charge in [-0.25, -0.2) is 0 Å². The molecule has 2 saturated carbocycles. The van der Waals surface area contributed by atoms with Crippen LogP contribution in [0.2, 0.25) is 0 Å². The maximum atomic E-state index is 15.4. The zero-order valence-electron chi connectivity index (χ0n) is 40.1. The molecule has 3 heterocycles. The fourth-order valence-corrected chi connectivity index (χ4v) is 11.7. The van der Waals surface area contributed by atoms with E-state index in [0.717, 1.165) is 84.3 Å². The monoisotopic (exact) mass is 940 g/mol. The van der Waals surface area contributed by atoms with Crippen molar-refractivity contribution in [1.82, 2.24) is 9.88 Å². The fraction of sp³-hybridized carbons (Fsp3) is 0.491. The molecular formula is C57H69N3O9. The van der Waals surface area contributed by atoms with Crippen LogP contribution >= 0.6 is 0 Å². The lowest BCUT2D eigenvalue weighted by atomic mass is 9.55. The van der Waals surface area contributed by atoms with Crippen molar-refractivity contribution < 1.29 is 43.5 Å². The van der Waals surface area contributed by atoms with E-state index >= 15 is 4.79 Å². The van der Waals surface area contributed by atoms with Gasteiger partial charge in [-0.2, -0.15) is 0 Å². The minimum Gasteiger partial charge on any atom is -0.487 e. The van der Waals surface area contributed by atoms with E-state index in [2.05, 4.69) is 18.7 Å². The van der Waals surface area contributed by atoms with Crippen LogP contribution in [0.5, 0.6) is 23.0 Å². The maximum absolute atomic E-state index is 15.4. The molecule has 6 atom stereocenters. The number of allylic oxidation sites excluding steroid dienone is 1. The van der Waals surface area contributed by atoms with Gasteiger partial charge in [0.15, 0.2) is 11.5 Å². The van der Waals surface area contributed by atoms with Crippen LogP contribution in [0.1, 0.15) is 117 Å². The molecule has 2 fully saturated rings. The Kier molecular flexibility index (Phi) is 16.0. The molecule has 4 aromatic rings. The number of ether oxygens (including phenoxy) is 5. The van der Waals surface area contributed by atoms with Crippen LogP contribution in [0.3, 0.4) is 0 Å². The molecule has 12 nitrogen and oxygen atoms in total. The number of fused-ring (bicyclic) bond motifs is 3. The Labute approximate surface area is 407 Å². The van der Waals surface area contributed by atoms with Gasteiger partial charge in [0.1, 0.15) is 30.8 Å². The van der Waals surface area contributed by atoms with Gasteiger partial charge in [-0.15, -0.1) is 6.58 Å². The van der Waals surface area contributed by atoms with Crippen molar-refractivity contribution in [2.45, 2.75) is 128 Å². The summed E-state index contributed by atoms with van der Waals surface area (Å²) in [7, 11) is 0. The molecule has 2 N–H and O–H groups in total. The normalized spacial score (nSPS) is 24.0. The zero-order chi connectivity index (χ0) is 47.6. The second kappa shape index (κ2) is 22.8. The molecule has 0 saturated heterocycles. The van der Waals surface area contributed by atoms with Crippen molar-refractivity contribution in [3.63, 3.8) is 0 Å². The number of aryl methyl sites for hydroxylation is 1. The van der Waals surface area contributed by atoms with Gasteiger partial charge in [-0.05, 0) is 116 Å². The molecular weight excluding hydrogens is 871 g/mol. The Morgan fingerprint density at radius 1 is 0.884 bits per heavy atom. The second-order valence-corrected chi connectivity index (χ2v) is 19.5. The number of aromatic nitrogens is 1. The number of nitrogens with zero attached hydrogens (tertiary/aromatic N) is 3. The van der Waals surface area contributed by atoms with Crippen molar-refractivity contribution in [2.24, 2.45) is 28.8 Å². The van der Waals surface area contributed by atoms with Crippen molar-refractivity contribution in [2.75, 3.05) is 26.6 Å². The standard InChI is InChI=1S/C57H69N3O9/c1-3-30-67-57-53(60(54(63)27-23-40-15-7-8-16-40)35-42-22-25-51-52(31-42)66-38-65-51)34-49(59-68-36-41-17-5-4-6-18-41)47-32-43(19-9-11-28-61)46(21-10-12-29-62)55(56(47)57)48-33-45(24-26-50(48)69-57)64-37-44-20-13-14-39(2)58-44/h3-6,13-14,17-18,20,22,24-26,31-33,40,43,46,53,55-56,61-62H,1,7-12,15-16,19,21,23,27-30,34-38H2,2H3/t43-,46+,53-,55+,56+,57+/m0/s1. The highest BCUT2D eigenvalue weighted by Crippen LogP contribution is 2.62. The lowest BCUT2D eigenvalue weighted by Gasteiger charge is -2.60. The number of unbranched alkanes of at least 4 members (excludes halogenated alkanes) is 2. The number of aliphatic hydroxyl groups excluding tert-OH is 2. The zero-order valence-corrected chi connectivity index (χ0v) is 40.1. The van der Waals surface area contributed by atoms with Gasteiger partial charge in [0, 0.05) is 49.8 Å². The van der Waals surface area contributed by atoms with Crippen molar-refractivity contribution >= 4 is 11.6 Å². The van der Waals surface area contributed by atoms with Gasteiger partial charge < -0.3 is 43.6 Å². The van der Waals surface area contributed by atoms with Gasteiger partial charge in [-0.1, -0.05) is 98.3 Å². The largest absolute Gasteiger partial charge is 0.487 e. The Morgan fingerprint density at radius 3 is 2.48 bits per heavy atom. The molecule has 9 rings (SSSR count). The highest BCUT2D eigenvalue weighted by atomic mass is 16.7. The Bertz CT molecular complexity index is 2440. The SMILES string of the molecule is C=CCO[C@@]12Oc3ccc(OCc4cccc(C)n4)cc3[C@H]3[C@H](CCCCO)[C@@H](CCCCO)C=C(C(=NOCc4ccccc4)C[C@@H]1N(Cc1ccc4c(c1)OCO4)C(=O)CCC1CCCC1)[C@H]32. The minimum atomic E-state index is -1.39. The number of benzene rings is 3. The smallest absolute Gasteiger partial charge is 0.239 e. The molecule has 3 aromatic carbocycles. The number of aliphatic hydroxyl groups is 2. The summed E-state index contributed by atoms with van der Waals surface area (Å²) in [5, 5.41) is 25.2. The number of hydrogen-bond donors (Lipinski definition) is 2. The van der Waals surface area contributed by atoms with Crippen molar-refractivity contribution in [3.05, 3.63) is 137 Å². The van der Waals surface area contributed by atoms with E-state index in [1.54, 1.807) is 6.08 Å². The first-order valence-corrected chi connectivity index (χ1v) is 25.3. The van der Waals surface area contributed by atoms with Crippen LogP contribution in [0.15, 0.2) is 114 Å². The van der Waals surface area contributed by atoms with Gasteiger partial charge in [0.05, 0.1) is 23.9 Å². The first-order chi connectivity index (χ1) is 33.9. The third-order valence-corrected chi connectivity index (χ3v) is 15.0. The molecule has 0 bridgehead atoms. The molecule has 0 radical (unpaired) electrons. The van der Waals surface area contributed by atoms with E-state index in [0.29, 0.717) is 61.2 Å². The fourth-order valence-electron chi connectivity index (χ4n) is 11.7. The Balaban J connectivity index is 1.21. The predicted octanol–water partition coefficient (Wildman–Crippen LogP) is 10.5. The number of oxime groups is 1. The Hall–Kier alpha value is -5.69. The summed E-state index contributed by atoms with van der Waals surface area (Å²) in [6.07, 6.45) is 15.0. The summed E-state index contributed by atoms with van der Waals surface area (Å²) in [5.74, 6) is 1.36. The second-order valence-electron chi connectivity index (χ2n) is 19.5. The molecule has 69 heavy (non-hydrogen) atoms. The van der Waals surface area contributed by atoms with E-state index in [1.165, 1.54) is 12.8 Å². The summed E-state index contributed by atoms with van der Waals surface area (Å²) in [6, 6.07) is 27.3. The van der Waals surface area contributed by atoms with E-state index < -0.39 is 17.7 Å². The number of pyridine rings is 1. The van der Waals surface area contributed by atoms with E-state index in [-0.39, 0.29) is 63.4 Å². The first kappa shape index (κ1) is 48.3. The summed E-state index contributed by atoms with van der Waals surface area (Å²) < 4.78 is 33.0. The van der Waals surface area contributed by atoms with Gasteiger partial charge in [-0.3, -0.25) is 9.78 Å². The number of rotatable bonds is 23. The topological polar surface area (TPSA) is 141 Å². The average molecular weight is 940 g/mol. The third kappa shape index (κ3) is 11.0. The maximum Gasteiger partial charge on any atom is 0.239 e. The number of hydrogen-bond acceptors (Lipinski definition) is 11. The summed E-state index contributed by atoms with van der Waals surface area (Å²) >= 11 is 0. The van der Waals surface area contributed by atoms with Gasteiger partial charge >= 0.3 is 0 Å². The molecule has 0 unspecified atom stereocenters. The van der Waals surface area contributed by atoms with Gasteiger partial charge in [0.2, 0.25) is 18.5 Å². The summed E-state index contributed by atoms with van der Waals surface area (Å²) in [5.41, 5.74) is 6.40. The van der Waals surface area contributed by atoms with Crippen LogP contribution < -0.4 is 18.9 Å². The van der Waals surface area contributed by atoms with Gasteiger partial charge in [0.25, 0.3) is 0 Å². The molecule has 1 amide bonds. The van der Waals surface area contributed by atoms with Crippen molar-refractivity contribution in [1.29, 1.82) is 0 Å². The van der Waals surface area contributed by atoms with Crippen LogP contribution in [-0.2, 0) is 34.1 Å². The first-order valence-electron chi connectivity index (χ1n) is 25.3. The predicted molar refractivity (Wildman–Crippen MR) is 264 cm³/mol. The number of amides is 1. The lowest BCUT2D eigenvalue weighted by molar-refractivity contribution is -0.258. The number of carbonyl (C=O) groups is 1. The minimum absolute atomic E-state index is 0.0276. The quantitative estimate of drug-likeness (QED) is 0.0419. The molecule has 1 aromatic heterocycles. The van der Waals surface area contributed by atoms with Crippen LogP contribution in [0, 0.1) is 30.6 Å². The van der Waals surface area contributed by atoms with Crippen LogP contribution in [0.4, 0.5) is 0 Å². The average Bonchev–Trinajstić information content (AvgIpc) is 4.08.